The molecule has 23 heavy (non-hydrogen) atoms. The summed E-state index contributed by atoms with van der Waals surface area (Å²) in [6.07, 6.45) is 1.83. The number of aliphatic hydroxyl groups is 1. The van der Waals surface area contributed by atoms with E-state index in [1.807, 2.05) is 0 Å². The second kappa shape index (κ2) is 5.98. The molecule has 7 heteroatoms. The molecular weight excluding hydrogens is 318 g/mol. The van der Waals surface area contributed by atoms with Crippen LogP contribution in [0.4, 0.5) is 5.69 Å². The number of hydrogen-bond donors (Lipinski definition) is 2. The van der Waals surface area contributed by atoms with E-state index in [-0.39, 0.29) is 0 Å². The number of rotatable bonds is 2. The molecular formula is C16H14ClN3O3. The fourth-order valence-corrected chi connectivity index (χ4v) is 2.73. The van der Waals surface area contributed by atoms with Gasteiger partial charge in [-0.15, -0.1) is 0 Å². The Balaban J connectivity index is 1.90. The lowest BCUT2D eigenvalue weighted by Crippen LogP contribution is -2.53. The van der Waals surface area contributed by atoms with Gasteiger partial charge >= 0.3 is 0 Å². The SMILES string of the molecule is CN1C(=O)C(NC(=O)c2ccncc2)C(O)c2ccc(Cl)cc21. The lowest BCUT2D eigenvalue weighted by atomic mass is 9.94. The number of carbonyl (C=O) groups is 2. The van der Waals surface area contributed by atoms with Crippen LogP contribution < -0.4 is 10.2 Å². The Morgan fingerprint density at radius 2 is 2.00 bits per heavy atom. The first-order valence-corrected chi connectivity index (χ1v) is 7.33. The van der Waals surface area contributed by atoms with Gasteiger partial charge in [0.05, 0.1) is 5.69 Å². The van der Waals surface area contributed by atoms with Crippen molar-refractivity contribution in [1.29, 1.82) is 0 Å². The second-order valence-corrected chi connectivity index (χ2v) is 5.67. The minimum atomic E-state index is -1.14. The van der Waals surface area contributed by atoms with Crippen molar-refractivity contribution in [2.45, 2.75) is 12.1 Å². The van der Waals surface area contributed by atoms with Gasteiger partial charge in [-0.05, 0) is 24.3 Å². The van der Waals surface area contributed by atoms with Gasteiger partial charge < -0.3 is 15.3 Å². The van der Waals surface area contributed by atoms with Crippen LogP contribution >= 0.6 is 11.6 Å². The number of halogens is 1. The second-order valence-electron chi connectivity index (χ2n) is 5.23. The molecule has 2 amide bonds. The summed E-state index contributed by atoms with van der Waals surface area (Å²) in [5.41, 5.74) is 1.44. The molecule has 1 aromatic heterocycles. The highest BCUT2D eigenvalue weighted by atomic mass is 35.5. The summed E-state index contributed by atoms with van der Waals surface area (Å²) in [6, 6.07) is 6.90. The number of anilines is 1. The fraction of sp³-hybridized carbons (Fsp3) is 0.188. The van der Waals surface area contributed by atoms with Crippen LogP contribution in [0.1, 0.15) is 22.0 Å². The molecule has 0 spiro atoms. The Labute approximate surface area is 137 Å². The summed E-state index contributed by atoms with van der Waals surface area (Å²) in [6.45, 7) is 0. The van der Waals surface area contributed by atoms with E-state index >= 15 is 0 Å². The number of fused-ring (bicyclic) bond motifs is 1. The first kappa shape index (κ1) is 15.5. The number of carbonyl (C=O) groups excluding carboxylic acids is 2. The van der Waals surface area contributed by atoms with Crippen molar-refractivity contribution in [3.8, 4) is 0 Å². The largest absolute Gasteiger partial charge is 0.386 e. The van der Waals surface area contributed by atoms with Crippen molar-refractivity contribution < 1.29 is 14.7 Å². The minimum Gasteiger partial charge on any atom is -0.386 e. The molecule has 6 nitrogen and oxygen atoms in total. The number of aliphatic hydroxyl groups excluding tert-OH is 1. The number of pyridine rings is 1. The van der Waals surface area contributed by atoms with Crippen LogP contribution in [0.3, 0.4) is 0 Å². The summed E-state index contributed by atoms with van der Waals surface area (Å²) >= 11 is 5.94. The Kier molecular flexibility index (Phi) is 4.02. The molecule has 2 unspecified atom stereocenters. The van der Waals surface area contributed by atoms with Crippen molar-refractivity contribution in [1.82, 2.24) is 10.3 Å². The van der Waals surface area contributed by atoms with Gasteiger partial charge in [-0.1, -0.05) is 17.7 Å². The van der Waals surface area contributed by atoms with Crippen molar-refractivity contribution in [3.63, 3.8) is 0 Å². The standard InChI is InChI=1S/C16H14ClN3O3/c1-20-12-8-10(17)2-3-11(12)14(21)13(16(20)23)19-15(22)9-4-6-18-7-5-9/h2-8,13-14,21H,1H3,(H,19,22). The fourth-order valence-electron chi connectivity index (χ4n) is 2.57. The van der Waals surface area contributed by atoms with E-state index in [0.717, 1.165) is 0 Å². The van der Waals surface area contributed by atoms with E-state index in [1.165, 1.54) is 29.4 Å². The molecule has 1 aromatic carbocycles. The third-order valence-corrected chi connectivity index (χ3v) is 4.05. The summed E-state index contributed by atoms with van der Waals surface area (Å²) in [5, 5.41) is 13.5. The van der Waals surface area contributed by atoms with Gasteiger partial charge in [0.1, 0.15) is 12.1 Å². The summed E-state index contributed by atoms with van der Waals surface area (Å²) in [7, 11) is 1.58. The van der Waals surface area contributed by atoms with E-state index in [1.54, 1.807) is 25.2 Å². The average molecular weight is 332 g/mol. The monoisotopic (exact) mass is 331 g/mol. The highest BCUT2D eigenvalue weighted by molar-refractivity contribution is 6.31. The Hall–Kier alpha value is -2.44. The van der Waals surface area contributed by atoms with Crippen LogP contribution in [0.15, 0.2) is 42.7 Å². The maximum Gasteiger partial charge on any atom is 0.252 e. The predicted molar refractivity (Wildman–Crippen MR) is 85.3 cm³/mol. The topological polar surface area (TPSA) is 82.5 Å². The van der Waals surface area contributed by atoms with Crippen LogP contribution in [0, 0.1) is 0 Å². The van der Waals surface area contributed by atoms with Crippen molar-refractivity contribution >= 4 is 29.1 Å². The number of aromatic nitrogens is 1. The molecule has 2 heterocycles. The van der Waals surface area contributed by atoms with E-state index in [4.69, 9.17) is 11.6 Å². The van der Waals surface area contributed by atoms with Gasteiger partial charge in [-0.25, -0.2) is 0 Å². The molecule has 3 rings (SSSR count). The molecule has 118 valence electrons. The summed E-state index contributed by atoms with van der Waals surface area (Å²) in [5.74, 6) is -0.856. The third-order valence-electron chi connectivity index (χ3n) is 3.81. The predicted octanol–water partition coefficient (Wildman–Crippen LogP) is 1.54. The number of nitrogens with one attached hydrogen (secondary N) is 1. The maximum absolute atomic E-state index is 12.5. The third kappa shape index (κ3) is 2.78. The molecule has 2 aromatic rings. The van der Waals surface area contributed by atoms with E-state index in [0.29, 0.717) is 21.8 Å². The van der Waals surface area contributed by atoms with Gasteiger partial charge in [0.25, 0.3) is 11.8 Å². The quantitative estimate of drug-likeness (QED) is 0.874. The highest BCUT2D eigenvalue weighted by Crippen LogP contribution is 2.35. The molecule has 1 aliphatic heterocycles. The molecule has 0 saturated heterocycles. The summed E-state index contributed by atoms with van der Waals surface area (Å²) < 4.78 is 0. The van der Waals surface area contributed by atoms with Gasteiger partial charge in [0.15, 0.2) is 0 Å². The smallest absolute Gasteiger partial charge is 0.252 e. The normalized spacial score (nSPS) is 20.1. The van der Waals surface area contributed by atoms with Crippen LogP contribution in [0.5, 0.6) is 0 Å². The molecule has 2 N–H and O–H groups in total. The zero-order valence-electron chi connectivity index (χ0n) is 12.2. The van der Waals surface area contributed by atoms with Crippen molar-refractivity contribution in [2.75, 3.05) is 11.9 Å². The zero-order chi connectivity index (χ0) is 16.6. The highest BCUT2D eigenvalue weighted by Gasteiger charge is 2.39. The average Bonchev–Trinajstić information content (AvgIpc) is 2.57. The van der Waals surface area contributed by atoms with Crippen LogP contribution in [0.2, 0.25) is 5.02 Å². The lowest BCUT2D eigenvalue weighted by Gasteiger charge is -2.35. The molecule has 0 aliphatic carbocycles. The minimum absolute atomic E-state index is 0.365. The Morgan fingerprint density at radius 3 is 2.70 bits per heavy atom. The molecule has 0 bridgehead atoms. The van der Waals surface area contributed by atoms with E-state index in [2.05, 4.69) is 10.3 Å². The van der Waals surface area contributed by atoms with Crippen LogP contribution in [0.25, 0.3) is 0 Å². The first-order chi connectivity index (χ1) is 11.0. The molecule has 2 atom stereocenters. The Morgan fingerprint density at radius 1 is 1.30 bits per heavy atom. The molecule has 0 saturated carbocycles. The number of hydrogen-bond acceptors (Lipinski definition) is 4. The summed E-state index contributed by atoms with van der Waals surface area (Å²) in [4.78, 5) is 29.9. The lowest BCUT2D eigenvalue weighted by molar-refractivity contribution is -0.123. The van der Waals surface area contributed by atoms with Crippen molar-refractivity contribution in [2.24, 2.45) is 0 Å². The van der Waals surface area contributed by atoms with Gasteiger partial charge in [0, 0.05) is 35.6 Å². The number of nitrogens with zero attached hydrogens (tertiary/aromatic N) is 2. The van der Waals surface area contributed by atoms with Gasteiger partial charge in [-0.3, -0.25) is 14.6 Å². The maximum atomic E-state index is 12.5. The van der Waals surface area contributed by atoms with Crippen LogP contribution in [-0.2, 0) is 4.79 Å². The van der Waals surface area contributed by atoms with Crippen LogP contribution in [-0.4, -0.2) is 35.0 Å². The first-order valence-electron chi connectivity index (χ1n) is 6.95. The number of benzene rings is 1. The zero-order valence-corrected chi connectivity index (χ0v) is 13.0. The van der Waals surface area contributed by atoms with Gasteiger partial charge in [-0.2, -0.15) is 0 Å². The number of likely N-dealkylation sites (N-methyl/N-ethyl adjacent to an activating group) is 1. The molecule has 0 fully saturated rings. The van der Waals surface area contributed by atoms with E-state index in [9.17, 15) is 14.7 Å². The van der Waals surface area contributed by atoms with E-state index < -0.39 is 24.0 Å². The van der Waals surface area contributed by atoms with Crippen molar-refractivity contribution in [3.05, 3.63) is 58.9 Å². The van der Waals surface area contributed by atoms with Gasteiger partial charge in [0.2, 0.25) is 0 Å². The number of amides is 2. The Bertz CT molecular complexity index is 766. The molecule has 0 radical (unpaired) electrons. The molecule has 1 aliphatic rings.